The summed E-state index contributed by atoms with van der Waals surface area (Å²) in [6, 6.07) is 15.9. The minimum Gasteiger partial charge on any atom is -0.395 e. The molecule has 1 aliphatic heterocycles. The van der Waals surface area contributed by atoms with Crippen LogP contribution in [0.5, 0.6) is 11.5 Å². The number of aromatic nitrogens is 1. The number of carbonyl (C=O) groups is 1. The molecule has 32 heavy (non-hydrogen) atoms. The van der Waals surface area contributed by atoms with Crippen LogP contribution in [0, 0.1) is 6.92 Å². The normalized spacial score (nSPS) is 17.1. The third-order valence-electron chi connectivity index (χ3n) is 5.94. The molecule has 1 saturated carbocycles. The number of amides is 1. The minimum absolute atomic E-state index is 0.0412. The van der Waals surface area contributed by atoms with Gasteiger partial charge in [-0.05, 0) is 54.7 Å². The summed E-state index contributed by atoms with van der Waals surface area (Å²) in [4.78, 5) is 17.8. The molecule has 0 unspecified atom stereocenters. The summed E-state index contributed by atoms with van der Waals surface area (Å²) in [6.07, 6.45) is -2.48. The van der Waals surface area contributed by atoms with Crippen LogP contribution in [0.1, 0.15) is 29.5 Å². The lowest BCUT2D eigenvalue weighted by atomic mass is 9.94. The molecular formula is C24H21F2N3O3. The van der Waals surface area contributed by atoms with Crippen molar-refractivity contribution in [2.75, 3.05) is 5.32 Å². The van der Waals surface area contributed by atoms with Crippen molar-refractivity contribution in [2.24, 2.45) is 5.73 Å². The van der Waals surface area contributed by atoms with Crippen LogP contribution in [0.2, 0.25) is 0 Å². The van der Waals surface area contributed by atoms with E-state index in [1.54, 1.807) is 12.1 Å². The van der Waals surface area contributed by atoms with E-state index in [2.05, 4.69) is 19.8 Å². The van der Waals surface area contributed by atoms with Gasteiger partial charge >= 0.3 is 6.29 Å². The van der Waals surface area contributed by atoms with Crippen LogP contribution in [-0.2, 0) is 16.8 Å². The SMILES string of the molecule is Cc1ccc(NC(=O)C2(c3ccc4c(c3)OC(F)(F)O4)CC2)nc1-c1ccc(CN)cc1. The Kier molecular flexibility index (Phi) is 4.63. The van der Waals surface area contributed by atoms with E-state index >= 15 is 0 Å². The monoisotopic (exact) mass is 437 g/mol. The number of fused-ring (bicyclic) bond motifs is 1. The van der Waals surface area contributed by atoms with Gasteiger partial charge < -0.3 is 20.5 Å². The molecule has 0 spiro atoms. The fourth-order valence-corrected chi connectivity index (χ4v) is 3.94. The maximum atomic E-state index is 13.3. The zero-order valence-electron chi connectivity index (χ0n) is 17.3. The number of rotatable bonds is 5. The van der Waals surface area contributed by atoms with Gasteiger partial charge in [0.1, 0.15) is 5.82 Å². The van der Waals surface area contributed by atoms with Crippen molar-refractivity contribution >= 4 is 11.7 Å². The van der Waals surface area contributed by atoms with Crippen molar-refractivity contribution in [2.45, 2.75) is 38.0 Å². The molecule has 2 heterocycles. The van der Waals surface area contributed by atoms with E-state index in [1.807, 2.05) is 37.3 Å². The molecule has 0 radical (unpaired) electrons. The highest BCUT2D eigenvalue weighted by atomic mass is 19.3. The summed E-state index contributed by atoms with van der Waals surface area (Å²) in [6.45, 7) is 2.41. The van der Waals surface area contributed by atoms with Crippen LogP contribution in [0.25, 0.3) is 11.3 Å². The molecule has 3 N–H and O–H groups in total. The Morgan fingerprint density at radius 3 is 2.47 bits per heavy atom. The number of ether oxygens (including phenoxy) is 2. The molecule has 0 atom stereocenters. The maximum absolute atomic E-state index is 13.3. The Bertz CT molecular complexity index is 1210. The molecule has 0 bridgehead atoms. The molecule has 0 saturated heterocycles. The zero-order valence-corrected chi connectivity index (χ0v) is 17.3. The molecule has 1 amide bonds. The third kappa shape index (κ3) is 3.56. The van der Waals surface area contributed by atoms with Crippen LogP contribution in [0.4, 0.5) is 14.6 Å². The number of nitrogens with one attached hydrogen (secondary N) is 1. The fraction of sp³-hybridized carbons (Fsp3) is 0.250. The lowest BCUT2D eigenvalue weighted by Crippen LogP contribution is -2.28. The summed E-state index contributed by atoms with van der Waals surface area (Å²) in [5, 5.41) is 2.90. The second-order valence-corrected chi connectivity index (χ2v) is 8.13. The van der Waals surface area contributed by atoms with Gasteiger partial charge in [-0.2, -0.15) is 0 Å². The van der Waals surface area contributed by atoms with Gasteiger partial charge in [-0.3, -0.25) is 4.79 Å². The number of aryl methyl sites for hydroxylation is 1. The van der Waals surface area contributed by atoms with Gasteiger partial charge in [0.25, 0.3) is 0 Å². The summed E-state index contributed by atoms with van der Waals surface area (Å²) in [7, 11) is 0. The number of pyridine rings is 1. The van der Waals surface area contributed by atoms with E-state index in [9.17, 15) is 13.6 Å². The quantitative estimate of drug-likeness (QED) is 0.614. The number of benzene rings is 2. The first-order valence-corrected chi connectivity index (χ1v) is 10.3. The summed E-state index contributed by atoms with van der Waals surface area (Å²) in [5.74, 6) is 0.0877. The first kappa shape index (κ1) is 20.4. The van der Waals surface area contributed by atoms with Crippen LogP contribution in [-0.4, -0.2) is 17.2 Å². The molecule has 1 aliphatic carbocycles. The summed E-state index contributed by atoms with van der Waals surface area (Å²) >= 11 is 0. The van der Waals surface area contributed by atoms with Gasteiger partial charge in [0.05, 0.1) is 11.1 Å². The lowest BCUT2D eigenvalue weighted by molar-refractivity contribution is -0.286. The molecule has 1 fully saturated rings. The van der Waals surface area contributed by atoms with Crippen molar-refractivity contribution < 1.29 is 23.0 Å². The third-order valence-corrected chi connectivity index (χ3v) is 5.94. The van der Waals surface area contributed by atoms with E-state index in [4.69, 9.17) is 5.73 Å². The van der Waals surface area contributed by atoms with Gasteiger partial charge in [-0.15, -0.1) is 8.78 Å². The minimum atomic E-state index is -3.69. The van der Waals surface area contributed by atoms with Crippen LogP contribution < -0.4 is 20.5 Å². The predicted octanol–water partition coefficient (Wildman–Crippen LogP) is 4.51. The number of nitrogens with zero attached hydrogens (tertiary/aromatic N) is 1. The second kappa shape index (κ2) is 7.27. The first-order valence-electron chi connectivity index (χ1n) is 10.3. The van der Waals surface area contributed by atoms with E-state index in [0.717, 1.165) is 22.4 Å². The average Bonchev–Trinajstić information content (AvgIpc) is 3.52. The van der Waals surface area contributed by atoms with Crippen molar-refractivity contribution in [3.63, 3.8) is 0 Å². The van der Waals surface area contributed by atoms with E-state index < -0.39 is 11.7 Å². The predicted molar refractivity (Wildman–Crippen MR) is 114 cm³/mol. The molecule has 3 aromatic rings. The number of halogens is 2. The molecule has 8 heteroatoms. The molecule has 2 aromatic carbocycles. The average molecular weight is 437 g/mol. The number of hydrogen-bond donors (Lipinski definition) is 2. The van der Waals surface area contributed by atoms with Gasteiger partial charge in [0.15, 0.2) is 11.5 Å². The standard InChI is InChI=1S/C24H21F2N3O3/c1-14-2-9-20(28-21(14)16-5-3-15(13-27)4-6-16)29-22(30)23(10-11-23)17-7-8-18-19(12-17)32-24(25,26)31-18/h2-9,12H,10-11,13,27H2,1H3,(H,28,29,30). The largest absolute Gasteiger partial charge is 0.586 e. The summed E-state index contributed by atoms with van der Waals surface area (Å²) < 4.78 is 35.7. The zero-order chi connectivity index (χ0) is 22.5. The van der Waals surface area contributed by atoms with Crippen molar-refractivity contribution in [3.05, 3.63) is 71.3 Å². The van der Waals surface area contributed by atoms with Gasteiger partial charge in [0.2, 0.25) is 5.91 Å². The Morgan fingerprint density at radius 1 is 1.06 bits per heavy atom. The van der Waals surface area contributed by atoms with Gasteiger partial charge in [-0.1, -0.05) is 36.4 Å². The first-order chi connectivity index (χ1) is 15.3. The molecule has 1 aromatic heterocycles. The van der Waals surface area contributed by atoms with Crippen LogP contribution in [0.3, 0.4) is 0 Å². The Balaban J connectivity index is 1.38. The van der Waals surface area contributed by atoms with E-state index in [-0.39, 0.29) is 17.4 Å². The Morgan fingerprint density at radius 2 is 1.78 bits per heavy atom. The Hall–Kier alpha value is -3.52. The molecule has 6 nitrogen and oxygen atoms in total. The molecule has 5 rings (SSSR count). The number of nitrogens with two attached hydrogens (primary N) is 1. The number of carbonyl (C=O) groups excluding carboxylic acids is 1. The topological polar surface area (TPSA) is 86.5 Å². The second-order valence-electron chi connectivity index (χ2n) is 8.13. The van der Waals surface area contributed by atoms with Crippen LogP contribution >= 0.6 is 0 Å². The Labute approximate surface area is 183 Å². The van der Waals surface area contributed by atoms with Gasteiger partial charge in [0, 0.05) is 12.1 Å². The van der Waals surface area contributed by atoms with Crippen molar-refractivity contribution in [3.8, 4) is 22.8 Å². The van der Waals surface area contributed by atoms with Crippen molar-refractivity contribution in [1.29, 1.82) is 0 Å². The molecular weight excluding hydrogens is 416 g/mol. The highest BCUT2D eigenvalue weighted by Gasteiger charge is 2.53. The molecule has 164 valence electrons. The number of hydrogen-bond acceptors (Lipinski definition) is 5. The van der Waals surface area contributed by atoms with E-state index in [1.165, 1.54) is 12.1 Å². The lowest BCUT2D eigenvalue weighted by Gasteiger charge is -2.17. The summed E-state index contributed by atoms with van der Waals surface area (Å²) in [5.41, 5.74) is 9.17. The molecule has 2 aliphatic rings. The van der Waals surface area contributed by atoms with Crippen LogP contribution in [0.15, 0.2) is 54.6 Å². The fourth-order valence-electron chi connectivity index (χ4n) is 3.94. The highest BCUT2D eigenvalue weighted by Crippen LogP contribution is 2.52. The maximum Gasteiger partial charge on any atom is 0.586 e. The smallest absolute Gasteiger partial charge is 0.395 e. The number of alkyl halides is 2. The van der Waals surface area contributed by atoms with E-state index in [0.29, 0.717) is 30.8 Å². The number of anilines is 1. The highest BCUT2D eigenvalue weighted by molar-refractivity contribution is 6.01. The van der Waals surface area contributed by atoms with Gasteiger partial charge in [-0.25, -0.2) is 4.98 Å². The van der Waals surface area contributed by atoms with Crippen molar-refractivity contribution in [1.82, 2.24) is 4.98 Å².